The van der Waals surface area contributed by atoms with Crippen LogP contribution in [0.3, 0.4) is 0 Å². The van der Waals surface area contributed by atoms with Crippen LogP contribution in [0.1, 0.15) is 42.7 Å². The van der Waals surface area contributed by atoms with E-state index >= 15 is 0 Å². The van der Waals surface area contributed by atoms with Crippen molar-refractivity contribution in [1.29, 1.82) is 0 Å². The zero-order chi connectivity index (χ0) is 26.4. The van der Waals surface area contributed by atoms with E-state index in [0.29, 0.717) is 5.69 Å². The van der Waals surface area contributed by atoms with Crippen LogP contribution in [0.2, 0.25) is 0 Å². The van der Waals surface area contributed by atoms with E-state index in [9.17, 15) is 19.5 Å². The van der Waals surface area contributed by atoms with Gasteiger partial charge in [0.2, 0.25) is 5.91 Å². The van der Waals surface area contributed by atoms with Gasteiger partial charge in [0.1, 0.15) is 5.25 Å². The number of aryl methyl sites for hydroxylation is 2. The highest BCUT2D eigenvalue weighted by Crippen LogP contribution is 2.37. The van der Waals surface area contributed by atoms with Crippen LogP contribution in [0.5, 0.6) is 0 Å². The molecular weight excluding hydrogens is 484 g/mol. The number of hydrogen-bond donors (Lipinski definition) is 3. The summed E-state index contributed by atoms with van der Waals surface area (Å²) in [6.45, 7) is 3.93. The van der Waals surface area contributed by atoms with Gasteiger partial charge < -0.3 is 15.7 Å². The van der Waals surface area contributed by atoms with E-state index < -0.39 is 17.1 Å². The molecule has 4 aromatic rings. The second-order valence-corrected chi connectivity index (χ2v) is 9.67. The molecular formula is C30H26N2O4S. The summed E-state index contributed by atoms with van der Waals surface area (Å²) in [5.41, 5.74) is 4.22. The molecule has 0 bridgehead atoms. The average molecular weight is 511 g/mol. The third kappa shape index (κ3) is 6.26. The number of aromatic carboxylic acids is 1. The van der Waals surface area contributed by atoms with Crippen LogP contribution in [0, 0.1) is 13.8 Å². The predicted octanol–water partition coefficient (Wildman–Crippen LogP) is 6.73. The van der Waals surface area contributed by atoms with Crippen molar-refractivity contribution in [2.45, 2.75) is 24.0 Å². The third-order valence-electron chi connectivity index (χ3n) is 5.84. The molecule has 186 valence electrons. The predicted molar refractivity (Wildman–Crippen MR) is 147 cm³/mol. The number of carboxylic acid groups (broad SMARTS) is 1. The summed E-state index contributed by atoms with van der Waals surface area (Å²) in [7, 11) is 0. The summed E-state index contributed by atoms with van der Waals surface area (Å²) in [5.74, 6) is -1.80. The minimum Gasteiger partial charge on any atom is -0.478 e. The van der Waals surface area contributed by atoms with Gasteiger partial charge >= 0.3 is 5.97 Å². The number of para-hydroxylation sites is 1. The number of rotatable bonds is 8. The lowest BCUT2D eigenvalue weighted by Crippen LogP contribution is -2.20. The molecule has 1 atom stereocenters. The smallest absolute Gasteiger partial charge is 0.336 e. The van der Waals surface area contributed by atoms with Crippen molar-refractivity contribution in [1.82, 2.24) is 0 Å². The summed E-state index contributed by atoms with van der Waals surface area (Å²) in [4.78, 5) is 38.4. The molecule has 7 heteroatoms. The molecule has 0 aliphatic carbocycles. The Morgan fingerprint density at radius 1 is 0.703 bits per heavy atom. The van der Waals surface area contributed by atoms with Crippen LogP contribution in [0.15, 0.2) is 102 Å². The van der Waals surface area contributed by atoms with Gasteiger partial charge in [-0.25, -0.2) is 4.79 Å². The van der Waals surface area contributed by atoms with Gasteiger partial charge in [-0.1, -0.05) is 60.7 Å². The first kappa shape index (κ1) is 25.7. The Bertz CT molecular complexity index is 1420. The van der Waals surface area contributed by atoms with Crippen molar-refractivity contribution in [3.05, 3.63) is 125 Å². The standard InChI is InChI=1S/C30H26N2O4S/c1-19-9-8-10-20(2)26(19)32-29(34)27(21-11-4-3-5-12-21)37-23-17-15-22(16-18-23)31-28(33)24-13-6-7-14-25(24)30(35)36/h3-18,27H,1-2H3,(H,31,33)(H,32,34)(H,35,36). The molecule has 4 rings (SSSR count). The fourth-order valence-electron chi connectivity index (χ4n) is 3.92. The van der Waals surface area contributed by atoms with Crippen molar-refractivity contribution in [3.63, 3.8) is 0 Å². The largest absolute Gasteiger partial charge is 0.478 e. The third-order valence-corrected chi connectivity index (χ3v) is 7.10. The Morgan fingerprint density at radius 3 is 1.92 bits per heavy atom. The van der Waals surface area contributed by atoms with E-state index in [1.807, 2.05) is 74.5 Å². The summed E-state index contributed by atoms with van der Waals surface area (Å²) in [5, 5.41) is 14.7. The maximum Gasteiger partial charge on any atom is 0.336 e. The van der Waals surface area contributed by atoms with Gasteiger partial charge in [0.05, 0.1) is 11.1 Å². The van der Waals surface area contributed by atoms with Crippen molar-refractivity contribution < 1.29 is 19.5 Å². The molecule has 0 aromatic heterocycles. The number of anilines is 2. The van der Waals surface area contributed by atoms with E-state index in [2.05, 4.69) is 10.6 Å². The number of carbonyl (C=O) groups excluding carboxylic acids is 2. The first-order valence-electron chi connectivity index (χ1n) is 11.7. The fraction of sp³-hybridized carbons (Fsp3) is 0.100. The van der Waals surface area contributed by atoms with Crippen molar-refractivity contribution in [2.75, 3.05) is 10.6 Å². The highest BCUT2D eigenvalue weighted by Gasteiger charge is 2.23. The van der Waals surface area contributed by atoms with Crippen molar-refractivity contribution in [3.8, 4) is 0 Å². The van der Waals surface area contributed by atoms with Gasteiger partial charge in [0.25, 0.3) is 5.91 Å². The maximum atomic E-state index is 13.4. The molecule has 4 aromatic carbocycles. The van der Waals surface area contributed by atoms with Gasteiger partial charge in [-0.2, -0.15) is 0 Å². The molecule has 3 N–H and O–H groups in total. The molecule has 0 fully saturated rings. The van der Waals surface area contributed by atoms with Gasteiger partial charge in [0, 0.05) is 16.3 Å². The van der Waals surface area contributed by atoms with E-state index in [-0.39, 0.29) is 17.0 Å². The number of thioether (sulfide) groups is 1. The minimum absolute atomic E-state index is 0.0622. The molecule has 0 heterocycles. The Balaban J connectivity index is 1.52. The normalized spacial score (nSPS) is 11.4. The molecule has 37 heavy (non-hydrogen) atoms. The zero-order valence-corrected chi connectivity index (χ0v) is 21.2. The van der Waals surface area contributed by atoms with Gasteiger partial charge in [0.15, 0.2) is 0 Å². The van der Waals surface area contributed by atoms with Gasteiger partial charge in [-0.3, -0.25) is 9.59 Å². The molecule has 6 nitrogen and oxygen atoms in total. The molecule has 1 unspecified atom stereocenters. The first-order chi connectivity index (χ1) is 17.8. The van der Waals surface area contributed by atoms with Gasteiger partial charge in [-0.05, 0) is 66.9 Å². The average Bonchev–Trinajstić information content (AvgIpc) is 2.90. The first-order valence-corrected chi connectivity index (χ1v) is 12.5. The number of carboxylic acids is 1. The lowest BCUT2D eigenvalue weighted by molar-refractivity contribution is -0.115. The van der Waals surface area contributed by atoms with E-state index in [4.69, 9.17) is 0 Å². The lowest BCUT2D eigenvalue weighted by atomic mass is 10.1. The van der Waals surface area contributed by atoms with Crippen LogP contribution in [0.25, 0.3) is 0 Å². The number of hydrogen-bond acceptors (Lipinski definition) is 4. The zero-order valence-electron chi connectivity index (χ0n) is 20.4. The van der Waals surface area contributed by atoms with E-state index in [0.717, 1.165) is 27.3 Å². The minimum atomic E-state index is -1.16. The van der Waals surface area contributed by atoms with Crippen LogP contribution < -0.4 is 10.6 Å². The number of carbonyl (C=O) groups is 3. The van der Waals surface area contributed by atoms with Crippen molar-refractivity contribution >= 4 is 40.9 Å². The van der Waals surface area contributed by atoms with Crippen LogP contribution >= 0.6 is 11.8 Å². The number of benzene rings is 4. The number of nitrogens with one attached hydrogen (secondary N) is 2. The molecule has 0 radical (unpaired) electrons. The Kier molecular flexibility index (Phi) is 8.05. The molecule has 2 amide bonds. The molecule has 0 saturated carbocycles. The van der Waals surface area contributed by atoms with E-state index in [1.54, 1.807) is 24.3 Å². The van der Waals surface area contributed by atoms with Crippen LogP contribution in [0.4, 0.5) is 11.4 Å². The Morgan fingerprint density at radius 2 is 1.30 bits per heavy atom. The molecule has 0 spiro atoms. The summed E-state index contributed by atoms with van der Waals surface area (Å²) >= 11 is 1.41. The highest BCUT2D eigenvalue weighted by atomic mass is 32.2. The quantitative estimate of drug-likeness (QED) is 0.229. The monoisotopic (exact) mass is 510 g/mol. The van der Waals surface area contributed by atoms with Crippen LogP contribution in [-0.4, -0.2) is 22.9 Å². The van der Waals surface area contributed by atoms with E-state index in [1.165, 1.54) is 23.9 Å². The lowest BCUT2D eigenvalue weighted by Gasteiger charge is -2.19. The molecule has 0 aliphatic heterocycles. The molecule has 0 saturated heterocycles. The second-order valence-electron chi connectivity index (χ2n) is 8.49. The summed E-state index contributed by atoms with van der Waals surface area (Å²) in [6.07, 6.45) is 0. The molecule has 0 aliphatic rings. The number of amides is 2. The highest BCUT2D eigenvalue weighted by molar-refractivity contribution is 8.00. The van der Waals surface area contributed by atoms with Crippen LogP contribution in [-0.2, 0) is 4.79 Å². The topological polar surface area (TPSA) is 95.5 Å². The Hall–Kier alpha value is -4.36. The SMILES string of the molecule is Cc1cccc(C)c1NC(=O)C(Sc1ccc(NC(=O)c2ccccc2C(=O)O)cc1)c1ccccc1. The fourth-order valence-corrected chi connectivity index (χ4v) is 4.94. The van der Waals surface area contributed by atoms with Gasteiger partial charge in [-0.15, -0.1) is 11.8 Å². The summed E-state index contributed by atoms with van der Waals surface area (Å²) in [6, 6.07) is 28.6. The van der Waals surface area contributed by atoms with Crippen molar-refractivity contribution in [2.24, 2.45) is 0 Å². The Labute approximate surface area is 219 Å². The maximum absolute atomic E-state index is 13.4. The second kappa shape index (κ2) is 11.6. The summed E-state index contributed by atoms with van der Waals surface area (Å²) < 4.78 is 0.